The minimum absolute atomic E-state index is 0.481. The van der Waals surface area contributed by atoms with Gasteiger partial charge in [-0.05, 0) is 56.9 Å². The first-order valence-corrected chi connectivity index (χ1v) is 7.13. The Morgan fingerprint density at radius 2 is 1.69 bits per heavy atom. The largest absolute Gasteiger partial charge is 0.300 e. The van der Waals surface area contributed by atoms with E-state index in [0.29, 0.717) is 5.41 Å². The van der Waals surface area contributed by atoms with Crippen LogP contribution in [-0.2, 0) is 0 Å². The van der Waals surface area contributed by atoms with Crippen molar-refractivity contribution in [2.45, 2.75) is 71.9 Å². The first-order chi connectivity index (χ1) is 7.41. The molecule has 1 nitrogen and oxygen atoms in total. The van der Waals surface area contributed by atoms with Gasteiger partial charge in [0.05, 0.1) is 0 Å². The van der Waals surface area contributed by atoms with Crippen LogP contribution >= 0.6 is 0 Å². The smallest absolute Gasteiger partial charge is 0.0156 e. The van der Waals surface area contributed by atoms with Crippen molar-refractivity contribution in [2.24, 2.45) is 17.3 Å². The monoisotopic (exact) mass is 223 g/mol. The minimum Gasteiger partial charge on any atom is -0.300 e. The molecule has 1 heteroatoms. The Kier molecular flexibility index (Phi) is 3.36. The molecule has 2 rings (SSSR count). The molecule has 0 N–H and O–H groups in total. The second-order valence-electron chi connectivity index (χ2n) is 7.25. The van der Waals surface area contributed by atoms with Gasteiger partial charge in [-0.25, -0.2) is 0 Å². The van der Waals surface area contributed by atoms with Crippen LogP contribution in [0.4, 0.5) is 0 Å². The molecule has 2 aliphatic rings. The number of hydrogen-bond acceptors (Lipinski definition) is 1. The molecular formula is C15H29N. The fourth-order valence-electron chi connectivity index (χ4n) is 4.10. The highest BCUT2D eigenvalue weighted by atomic mass is 15.2. The van der Waals surface area contributed by atoms with Gasteiger partial charge in [0.2, 0.25) is 0 Å². The molecule has 0 aromatic carbocycles. The van der Waals surface area contributed by atoms with Crippen LogP contribution in [0.3, 0.4) is 0 Å². The molecule has 1 heterocycles. The van der Waals surface area contributed by atoms with Crippen LogP contribution in [0, 0.1) is 17.3 Å². The van der Waals surface area contributed by atoms with Crippen molar-refractivity contribution in [3.05, 3.63) is 0 Å². The van der Waals surface area contributed by atoms with E-state index in [-0.39, 0.29) is 0 Å². The van der Waals surface area contributed by atoms with Gasteiger partial charge in [-0.1, -0.05) is 27.2 Å². The number of nitrogens with zero attached hydrogens (tertiary/aromatic N) is 1. The third-order valence-corrected chi connectivity index (χ3v) is 5.22. The lowest BCUT2D eigenvalue weighted by atomic mass is 9.63. The van der Waals surface area contributed by atoms with E-state index in [1.807, 2.05) is 0 Å². The molecule has 1 saturated heterocycles. The maximum absolute atomic E-state index is 2.70. The second-order valence-corrected chi connectivity index (χ2v) is 7.25. The molecule has 0 aromatic rings. The molecule has 1 saturated carbocycles. The first kappa shape index (κ1) is 12.4. The Morgan fingerprint density at radius 3 is 2.31 bits per heavy atom. The van der Waals surface area contributed by atoms with Crippen molar-refractivity contribution in [1.82, 2.24) is 4.90 Å². The van der Waals surface area contributed by atoms with Crippen LogP contribution in [0.5, 0.6) is 0 Å². The quantitative estimate of drug-likeness (QED) is 0.601. The van der Waals surface area contributed by atoms with Gasteiger partial charge in [-0.3, -0.25) is 0 Å². The van der Waals surface area contributed by atoms with Crippen LogP contribution in [0.25, 0.3) is 0 Å². The summed E-state index contributed by atoms with van der Waals surface area (Å²) in [5.74, 6) is 1.89. The zero-order chi connectivity index (χ0) is 11.9. The van der Waals surface area contributed by atoms with Gasteiger partial charge in [-0.2, -0.15) is 0 Å². The van der Waals surface area contributed by atoms with E-state index in [9.17, 15) is 0 Å². The Balaban J connectivity index is 2.20. The number of rotatable bonds is 0. The predicted molar refractivity (Wildman–Crippen MR) is 70.5 cm³/mol. The highest BCUT2D eigenvalue weighted by Crippen LogP contribution is 2.46. The van der Waals surface area contributed by atoms with Crippen molar-refractivity contribution in [1.29, 1.82) is 0 Å². The average molecular weight is 223 g/mol. The van der Waals surface area contributed by atoms with Crippen LogP contribution in [0.2, 0.25) is 0 Å². The van der Waals surface area contributed by atoms with E-state index in [2.05, 4.69) is 39.6 Å². The summed E-state index contributed by atoms with van der Waals surface area (Å²) in [5.41, 5.74) is 0.481. The van der Waals surface area contributed by atoms with Crippen molar-refractivity contribution >= 4 is 0 Å². The molecule has 1 aliphatic carbocycles. The third-order valence-electron chi connectivity index (χ3n) is 5.22. The maximum Gasteiger partial charge on any atom is 0.0156 e. The van der Waals surface area contributed by atoms with E-state index in [0.717, 1.165) is 23.9 Å². The lowest BCUT2D eigenvalue weighted by Crippen LogP contribution is -2.55. The lowest BCUT2D eigenvalue weighted by Gasteiger charge is -2.53. The van der Waals surface area contributed by atoms with Crippen LogP contribution in [0.1, 0.15) is 59.8 Å². The molecule has 1 aliphatic heterocycles. The lowest BCUT2D eigenvalue weighted by molar-refractivity contribution is -0.0326. The van der Waals surface area contributed by atoms with Crippen molar-refractivity contribution in [3.8, 4) is 0 Å². The summed E-state index contributed by atoms with van der Waals surface area (Å²) in [7, 11) is 2.37. The van der Waals surface area contributed by atoms with E-state index in [4.69, 9.17) is 0 Å². The molecule has 0 radical (unpaired) electrons. The molecule has 2 fully saturated rings. The highest BCUT2D eigenvalue weighted by Gasteiger charge is 2.44. The molecular weight excluding hydrogens is 194 g/mol. The van der Waals surface area contributed by atoms with E-state index >= 15 is 0 Å². The molecule has 0 amide bonds. The number of fused-ring (bicyclic) bond motifs is 1. The van der Waals surface area contributed by atoms with Gasteiger partial charge in [0, 0.05) is 12.1 Å². The summed E-state index contributed by atoms with van der Waals surface area (Å²) in [6.45, 7) is 9.72. The fourth-order valence-corrected chi connectivity index (χ4v) is 4.10. The average Bonchev–Trinajstić information content (AvgIpc) is 2.21. The zero-order valence-electron chi connectivity index (χ0n) is 11.8. The molecule has 94 valence electrons. The van der Waals surface area contributed by atoms with Crippen LogP contribution < -0.4 is 0 Å². The van der Waals surface area contributed by atoms with Crippen molar-refractivity contribution in [2.75, 3.05) is 7.05 Å². The molecule has 0 bridgehead atoms. The van der Waals surface area contributed by atoms with Crippen LogP contribution in [0.15, 0.2) is 0 Å². The molecule has 4 atom stereocenters. The number of piperidine rings is 1. The standard InChI is InChI=1S/C15H29N/c1-11-9-10-12-7-6-8-13(15(2,3)4)14(12)16(11)5/h11-14H,6-10H2,1-5H3/t11-,12-,13-,14-/m1/s1. The van der Waals surface area contributed by atoms with Gasteiger partial charge < -0.3 is 4.90 Å². The summed E-state index contributed by atoms with van der Waals surface area (Å²) in [6.07, 6.45) is 7.28. The predicted octanol–water partition coefficient (Wildman–Crippen LogP) is 3.93. The minimum atomic E-state index is 0.481. The number of likely N-dealkylation sites (tertiary alicyclic amines) is 1. The van der Waals surface area contributed by atoms with Gasteiger partial charge in [-0.15, -0.1) is 0 Å². The summed E-state index contributed by atoms with van der Waals surface area (Å²) in [6, 6.07) is 1.65. The molecule has 0 spiro atoms. The summed E-state index contributed by atoms with van der Waals surface area (Å²) >= 11 is 0. The third kappa shape index (κ3) is 2.16. The summed E-state index contributed by atoms with van der Waals surface area (Å²) in [5, 5.41) is 0. The SMILES string of the molecule is C[C@@H]1CC[C@H]2CCC[C@@H](C(C)(C)C)[C@@H]2N1C. The normalized spacial score (nSPS) is 41.8. The van der Waals surface area contributed by atoms with Gasteiger partial charge in [0.25, 0.3) is 0 Å². The van der Waals surface area contributed by atoms with Gasteiger partial charge in [0.15, 0.2) is 0 Å². The fraction of sp³-hybridized carbons (Fsp3) is 1.00. The van der Waals surface area contributed by atoms with E-state index < -0.39 is 0 Å². The van der Waals surface area contributed by atoms with Crippen molar-refractivity contribution < 1.29 is 0 Å². The van der Waals surface area contributed by atoms with Gasteiger partial charge >= 0.3 is 0 Å². The Morgan fingerprint density at radius 1 is 1.00 bits per heavy atom. The molecule has 0 aromatic heterocycles. The molecule has 16 heavy (non-hydrogen) atoms. The topological polar surface area (TPSA) is 3.24 Å². The van der Waals surface area contributed by atoms with E-state index in [1.54, 1.807) is 0 Å². The van der Waals surface area contributed by atoms with Gasteiger partial charge in [0.1, 0.15) is 0 Å². The Hall–Kier alpha value is -0.0400. The highest BCUT2D eigenvalue weighted by molar-refractivity contribution is 4.97. The summed E-state index contributed by atoms with van der Waals surface area (Å²) in [4.78, 5) is 2.70. The maximum atomic E-state index is 2.70. The van der Waals surface area contributed by atoms with E-state index in [1.165, 1.54) is 32.1 Å². The Bertz CT molecular complexity index is 238. The van der Waals surface area contributed by atoms with Crippen molar-refractivity contribution in [3.63, 3.8) is 0 Å². The zero-order valence-corrected chi connectivity index (χ0v) is 11.8. The first-order valence-electron chi connectivity index (χ1n) is 7.13. The second kappa shape index (κ2) is 4.33. The van der Waals surface area contributed by atoms with Crippen LogP contribution in [-0.4, -0.2) is 24.0 Å². The summed E-state index contributed by atoms with van der Waals surface area (Å²) < 4.78 is 0. The number of hydrogen-bond donors (Lipinski definition) is 0. The molecule has 0 unspecified atom stereocenters. The Labute approximate surface area is 102 Å².